The molecule has 0 amide bonds. The maximum atomic E-state index is 10.9. The number of H-pyrrole nitrogens is 1. The predicted molar refractivity (Wildman–Crippen MR) is 40.9 cm³/mol. The Morgan fingerprint density at radius 2 is 2.27 bits per heavy atom. The summed E-state index contributed by atoms with van der Waals surface area (Å²) in [5, 5.41) is 0. The second kappa shape index (κ2) is 2.70. The molecule has 1 heterocycles. The lowest BCUT2D eigenvalue weighted by atomic mass is 10.1. The largest absolute Gasteiger partial charge is 0.364 e. The third kappa shape index (κ3) is 1.22. The average molecular weight is 151 g/mol. The first-order chi connectivity index (χ1) is 5.16. The molecule has 0 saturated heterocycles. The highest BCUT2D eigenvalue weighted by Gasteiger charge is 2.10. The van der Waals surface area contributed by atoms with Crippen molar-refractivity contribution >= 4 is 12.1 Å². The van der Waals surface area contributed by atoms with Crippen LogP contribution < -0.4 is 0 Å². The number of carbonyl (C=O) groups excluding carboxylic acids is 2. The fraction of sp³-hybridized carbons (Fsp3) is 0.250. The van der Waals surface area contributed by atoms with Gasteiger partial charge in [0.05, 0.1) is 0 Å². The topological polar surface area (TPSA) is 49.9 Å². The molecule has 0 saturated carbocycles. The zero-order chi connectivity index (χ0) is 8.43. The quantitative estimate of drug-likeness (QED) is 0.512. The molecule has 0 unspecified atom stereocenters. The summed E-state index contributed by atoms with van der Waals surface area (Å²) in [4.78, 5) is 24.1. The van der Waals surface area contributed by atoms with Crippen molar-refractivity contribution in [3.63, 3.8) is 0 Å². The Morgan fingerprint density at radius 3 is 2.64 bits per heavy atom. The maximum absolute atomic E-state index is 10.9. The molecular weight excluding hydrogens is 142 g/mol. The molecule has 1 aromatic heterocycles. The summed E-state index contributed by atoms with van der Waals surface area (Å²) in [5.74, 6) is -0.0779. The Morgan fingerprint density at radius 1 is 1.64 bits per heavy atom. The third-order valence-corrected chi connectivity index (χ3v) is 1.59. The van der Waals surface area contributed by atoms with Crippen molar-refractivity contribution in [2.45, 2.75) is 13.8 Å². The van der Waals surface area contributed by atoms with Crippen LogP contribution in [-0.4, -0.2) is 17.1 Å². The molecule has 0 atom stereocenters. The van der Waals surface area contributed by atoms with E-state index in [-0.39, 0.29) is 5.78 Å². The Hall–Kier alpha value is -1.38. The number of rotatable bonds is 2. The van der Waals surface area contributed by atoms with Gasteiger partial charge in [0.1, 0.15) is 0 Å². The van der Waals surface area contributed by atoms with E-state index in [0.29, 0.717) is 17.4 Å². The summed E-state index contributed by atoms with van der Waals surface area (Å²) in [6.07, 6.45) is 2.22. The molecule has 1 rings (SSSR count). The number of ketones is 1. The second-order valence-corrected chi connectivity index (χ2v) is 2.42. The molecule has 0 aromatic carbocycles. The van der Waals surface area contributed by atoms with Gasteiger partial charge in [-0.1, -0.05) is 0 Å². The van der Waals surface area contributed by atoms with E-state index in [9.17, 15) is 9.59 Å². The van der Waals surface area contributed by atoms with Crippen molar-refractivity contribution in [3.05, 3.63) is 23.0 Å². The highest BCUT2D eigenvalue weighted by Crippen LogP contribution is 2.11. The molecule has 0 bridgehead atoms. The first kappa shape index (κ1) is 7.72. The zero-order valence-corrected chi connectivity index (χ0v) is 6.47. The van der Waals surface area contributed by atoms with Crippen LogP contribution in [0.3, 0.4) is 0 Å². The van der Waals surface area contributed by atoms with Gasteiger partial charge >= 0.3 is 0 Å². The molecule has 3 nitrogen and oxygen atoms in total. The molecule has 0 aliphatic heterocycles. The highest BCUT2D eigenvalue weighted by atomic mass is 16.1. The lowest BCUT2D eigenvalue weighted by Crippen LogP contribution is -1.96. The summed E-state index contributed by atoms with van der Waals surface area (Å²) in [7, 11) is 0. The maximum Gasteiger partial charge on any atom is 0.162 e. The molecular formula is C8H9NO2. The van der Waals surface area contributed by atoms with E-state index in [4.69, 9.17) is 0 Å². The van der Waals surface area contributed by atoms with Gasteiger partial charge in [0.15, 0.2) is 12.1 Å². The summed E-state index contributed by atoms with van der Waals surface area (Å²) in [6, 6.07) is 0. The van der Waals surface area contributed by atoms with Crippen LogP contribution in [-0.2, 0) is 0 Å². The number of aldehydes is 1. The highest BCUT2D eigenvalue weighted by molar-refractivity contribution is 6.02. The second-order valence-electron chi connectivity index (χ2n) is 2.42. The number of aromatic nitrogens is 1. The molecule has 1 aromatic rings. The summed E-state index contributed by atoms with van der Waals surface area (Å²) < 4.78 is 0. The van der Waals surface area contributed by atoms with Crippen molar-refractivity contribution < 1.29 is 9.59 Å². The lowest BCUT2D eigenvalue weighted by Gasteiger charge is -1.92. The van der Waals surface area contributed by atoms with E-state index in [1.54, 1.807) is 13.1 Å². The Kier molecular flexibility index (Phi) is 1.89. The van der Waals surface area contributed by atoms with Gasteiger partial charge in [-0.3, -0.25) is 9.59 Å². The molecule has 3 heteroatoms. The smallest absolute Gasteiger partial charge is 0.162 e. The van der Waals surface area contributed by atoms with Gasteiger partial charge in [0, 0.05) is 23.0 Å². The van der Waals surface area contributed by atoms with Gasteiger partial charge in [0.2, 0.25) is 0 Å². The first-order valence-electron chi connectivity index (χ1n) is 3.31. The molecule has 0 aliphatic carbocycles. The molecule has 58 valence electrons. The van der Waals surface area contributed by atoms with Crippen LogP contribution in [0.25, 0.3) is 0 Å². The van der Waals surface area contributed by atoms with Gasteiger partial charge in [-0.05, 0) is 13.8 Å². The van der Waals surface area contributed by atoms with Gasteiger partial charge < -0.3 is 4.98 Å². The lowest BCUT2D eigenvalue weighted by molar-refractivity contribution is 0.100. The van der Waals surface area contributed by atoms with E-state index in [1.165, 1.54) is 6.92 Å². The number of aryl methyl sites for hydroxylation is 1. The normalized spacial score (nSPS) is 9.64. The monoisotopic (exact) mass is 151 g/mol. The Bertz CT molecular complexity index is 299. The van der Waals surface area contributed by atoms with Crippen molar-refractivity contribution in [2.24, 2.45) is 0 Å². The van der Waals surface area contributed by atoms with E-state index < -0.39 is 0 Å². The zero-order valence-electron chi connectivity index (χ0n) is 6.47. The minimum Gasteiger partial charge on any atom is -0.364 e. The number of aromatic amines is 1. The van der Waals surface area contributed by atoms with Crippen molar-refractivity contribution in [3.8, 4) is 0 Å². The van der Waals surface area contributed by atoms with Gasteiger partial charge in [0.25, 0.3) is 0 Å². The molecule has 0 spiro atoms. The SMILES string of the molecule is CC(=O)c1c(C=O)c[nH]c1C. The number of Topliss-reactive ketones (excluding diaryl/α,β-unsaturated/α-hetero) is 1. The molecule has 11 heavy (non-hydrogen) atoms. The van der Waals surface area contributed by atoms with Crippen LogP contribution in [0.15, 0.2) is 6.20 Å². The number of nitrogens with one attached hydrogen (secondary N) is 1. The van der Waals surface area contributed by atoms with E-state index in [1.807, 2.05) is 0 Å². The average Bonchev–Trinajstić information content (AvgIpc) is 2.30. The van der Waals surface area contributed by atoms with Crippen LogP contribution in [0.1, 0.15) is 33.3 Å². The summed E-state index contributed by atoms with van der Waals surface area (Å²) >= 11 is 0. The Balaban J connectivity index is 3.28. The van der Waals surface area contributed by atoms with Crippen LogP contribution in [0, 0.1) is 6.92 Å². The standard InChI is InChI=1S/C8H9NO2/c1-5-8(6(2)11)7(4-10)3-9-5/h3-4,9H,1-2H3. The number of carbonyl (C=O) groups is 2. The van der Waals surface area contributed by atoms with Gasteiger partial charge in [-0.15, -0.1) is 0 Å². The fourth-order valence-corrected chi connectivity index (χ4v) is 1.11. The number of hydrogen-bond acceptors (Lipinski definition) is 2. The minimum atomic E-state index is -0.0779. The van der Waals surface area contributed by atoms with Crippen molar-refractivity contribution in [1.29, 1.82) is 0 Å². The molecule has 0 fully saturated rings. The van der Waals surface area contributed by atoms with E-state index in [0.717, 1.165) is 5.69 Å². The van der Waals surface area contributed by atoms with Gasteiger partial charge in [-0.2, -0.15) is 0 Å². The van der Waals surface area contributed by atoms with Crippen LogP contribution in [0.4, 0.5) is 0 Å². The van der Waals surface area contributed by atoms with Crippen LogP contribution in [0.2, 0.25) is 0 Å². The first-order valence-corrected chi connectivity index (χ1v) is 3.31. The minimum absolute atomic E-state index is 0.0779. The predicted octanol–water partition coefficient (Wildman–Crippen LogP) is 1.34. The fourth-order valence-electron chi connectivity index (χ4n) is 1.11. The van der Waals surface area contributed by atoms with Crippen molar-refractivity contribution in [2.75, 3.05) is 0 Å². The van der Waals surface area contributed by atoms with E-state index >= 15 is 0 Å². The van der Waals surface area contributed by atoms with Crippen LogP contribution in [0.5, 0.6) is 0 Å². The molecule has 1 N–H and O–H groups in total. The van der Waals surface area contributed by atoms with E-state index in [2.05, 4.69) is 4.98 Å². The number of hydrogen-bond donors (Lipinski definition) is 1. The molecule has 0 radical (unpaired) electrons. The van der Waals surface area contributed by atoms with Crippen molar-refractivity contribution in [1.82, 2.24) is 4.98 Å². The summed E-state index contributed by atoms with van der Waals surface area (Å²) in [6.45, 7) is 3.22. The Labute approximate surface area is 64.4 Å². The molecule has 0 aliphatic rings. The van der Waals surface area contributed by atoms with Crippen LogP contribution >= 0.6 is 0 Å². The van der Waals surface area contributed by atoms with Gasteiger partial charge in [-0.25, -0.2) is 0 Å². The summed E-state index contributed by atoms with van der Waals surface area (Å²) in [5.41, 5.74) is 1.69. The third-order valence-electron chi connectivity index (χ3n) is 1.59.